The van der Waals surface area contributed by atoms with Crippen molar-refractivity contribution in [1.82, 2.24) is 9.78 Å². The number of nitrogens with one attached hydrogen (secondary N) is 1. The Morgan fingerprint density at radius 3 is 2.66 bits per heavy atom. The van der Waals surface area contributed by atoms with Crippen molar-refractivity contribution in [2.24, 2.45) is 0 Å². The van der Waals surface area contributed by atoms with Gasteiger partial charge in [-0.25, -0.2) is 9.48 Å². The van der Waals surface area contributed by atoms with Gasteiger partial charge in [-0.3, -0.25) is 14.5 Å². The molecule has 0 spiro atoms. The molecule has 0 aliphatic carbocycles. The number of carbonyl (C=O) groups excluding carboxylic acids is 3. The van der Waals surface area contributed by atoms with Crippen molar-refractivity contribution in [2.75, 3.05) is 23.4 Å². The Labute approximate surface area is 205 Å². The molecule has 0 saturated heterocycles. The number of ether oxygens (including phenoxy) is 1. The van der Waals surface area contributed by atoms with E-state index in [4.69, 9.17) is 4.74 Å². The van der Waals surface area contributed by atoms with E-state index in [1.165, 1.54) is 11.0 Å². The molecule has 1 aliphatic heterocycles. The number of fused-ring (bicyclic) bond motifs is 1. The van der Waals surface area contributed by atoms with Crippen LogP contribution in [0.3, 0.4) is 0 Å². The summed E-state index contributed by atoms with van der Waals surface area (Å²) in [5.74, 6) is -1.46. The highest BCUT2D eigenvalue weighted by atomic mass is 32.1. The van der Waals surface area contributed by atoms with Crippen LogP contribution in [0.4, 0.5) is 11.4 Å². The van der Waals surface area contributed by atoms with Crippen molar-refractivity contribution in [2.45, 2.75) is 0 Å². The van der Waals surface area contributed by atoms with E-state index in [9.17, 15) is 14.4 Å². The van der Waals surface area contributed by atoms with Crippen LogP contribution in [0.5, 0.6) is 0 Å². The Balaban J connectivity index is 1.29. The van der Waals surface area contributed by atoms with Crippen LogP contribution in [0, 0.1) is 0 Å². The fourth-order valence-corrected chi connectivity index (χ4v) is 4.43. The maximum absolute atomic E-state index is 12.7. The number of rotatable bonds is 6. The number of benzene rings is 2. The van der Waals surface area contributed by atoms with Crippen molar-refractivity contribution in [3.8, 4) is 16.3 Å². The minimum Gasteiger partial charge on any atom is -0.452 e. The molecule has 4 aromatic rings. The summed E-state index contributed by atoms with van der Waals surface area (Å²) in [4.78, 5) is 39.3. The first-order valence-corrected chi connectivity index (χ1v) is 11.7. The van der Waals surface area contributed by atoms with Gasteiger partial charge in [0.1, 0.15) is 12.2 Å². The zero-order valence-electron chi connectivity index (χ0n) is 18.5. The van der Waals surface area contributed by atoms with E-state index in [1.54, 1.807) is 46.4 Å². The lowest BCUT2D eigenvalue weighted by molar-refractivity contribution is -0.143. The van der Waals surface area contributed by atoms with Gasteiger partial charge in [-0.2, -0.15) is 5.10 Å². The molecule has 8 nitrogen and oxygen atoms in total. The summed E-state index contributed by atoms with van der Waals surface area (Å²) >= 11 is 1.55. The molecule has 5 rings (SSSR count). The van der Waals surface area contributed by atoms with Gasteiger partial charge in [-0.1, -0.05) is 36.4 Å². The molecule has 1 N–H and O–H groups in total. The van der Waals surface area contributed by atoms with Gasteiger partial charge in [0, 0.05) is 17.8 Å². The fraction of sp³-hybridized carbons (Fsp3) is 0.0769. The minimum atomic E-state index is -0.669. The first-order valence-electron chi connectivity index (χ1n) is 10.8. The van der Waals surface area contributed by atoms with Crippen molar-refractivity contribution in [3.63, 3.8) is 0 Å². The molecule has 3 heterocycles. The number of carbonyl (C=O) groups is 3. The van der Waals surface area contributed by atoms with E-state index >= 15 is 0 Å². The average Bonchev–Trinajstić information content (AvgIpc) is 3.56. The summed E-state index contributed by atoms with van der Waals surface area (Å²) in [6, 6.07) is 20.5. The highest BCUT2D eigenvalue weighted by Gasteiger charge is 2.27. The molecule has 2 aromatic carbocycles. The molecule has 0 atom stereocenters. The molecule has 35 heavy (non-hydrogen) atoms. The van der Waals surface area contributed by atoms with Crippen LogP contribution in [-0.4, -0.2) is 40.7 Å². The lowest BCUT2D eigenvalue weighted by atomic mass is 10.2. The van der Waals surface area contributed by atoms with E-state index in [0.29, 0.717) is 11.4 Å². The third-order valence-electron chi connectivity index (χ3n) is 5.33. The van der Waals surface area contributed by atoms with Gasteiger partial charge >= 0.3 is 5.97 Å². The van der Waals surface area contributed by atoms with Crippen LogP contribution in [0.15, 0.2) is 84.4 Å². The molecule has 1 aliphatic rings. The van der Waals surface area contributed by atoms with Crippen LogP contribution in [0.1, 0.15) is 5.56 Å². The van der Waals surface area contributed by atoms with E-state index in [2.05, 4.69) is 10.4 Å². The minimum absolute atomic E-state index is 0.133. The number of hydrogen-bond acceptors (Lipinski definition) is 6. The molecular formula is C26H20N4O4S. The van der Waals surface area contributed by atoms with Crippen LogP contribution in [-0.2, 0) is 19.1 Å². The summed E-state index contributed by atoms with van der Waals surface area (Å²) in [6.07, 6.45) is 4.73. The molecule has 0 bridgehead atoms. The summed E-state index contributed by atoms with van der Waals surface area (Å²) < 4.78 is 6.93. The predicted octanol–water partition coefficient (Wildman–Crippen LogP) is 4.14. The molecule has 174 valence electrons. The van der Waals surface area contributed by atoms with Crippen LogP contribution in [0.25, 0.3) is 22.3 Å². The van der Waals surface area contributed by atoms with Crippen molar-refractivity contribution in [3.05, 3.63) is 89.9 Å². The molecule has 0 fully saturated rings. The highest BCUT2D eigenvalue weighted by molar-refractivity contribution is 7.13. The van der Waals surface area contributed by atoms with Gasteiger partial charge < -0.3 is 10.1 Å². The second kappa shape index (κ2) is 9.78. The zero-order chi connectivity index (χ0) is 24.2. The quantitative estimate of drug-likeness (QED) is 0.328. The molecule has 2 amide bonds. The Morgan fingerprint density at radius 2 is 1.86 bits per heavy atom. The highest BCUT2D eigenvalue weighted by Crippen LogP contribution is 2.30. The summed E-state index contributed by atoms with van der Waals surface area (Å²) in [5.41, 5.74) is 3.47. The number of amides is 2. The summed E-state index contributed by atoms with van der Waals surface area (Å²) in [7, 11) is 0. The van der Waals surface area contributed by atoms with Gasteiger partial charge in [0.15, 0.2) is 6.61 Å². The number of aromatic nitrogens is 2. The lowest BCUT2D eigenvalue weighted by Crippen LogP contribution is -2.43. The molecular weight excluding hydrogens is 464 g/mol. The molecule has 9 heteroatoms. The topological polar surface area (TPSA) is 93.5 Å². The van der Waals surface area contributed by atoms with Crippen LogP contribution < -0.4 is 10.2 Å². The van der Waals surface area contributed by atoms with E-state index < -0.39 is 18.5 Å². The van der Waals surface area contributed by atoms with Gasteiger partial charge in [0.25, 0.3) is 5.91 Å². The molecule has 2 aromatic heterocycles. The average molecular weight is 485 g/mol. The first kappa shape index (κ1) is 22.3. The Bertz CT molecular complexity index is 1410. The van der Waals surface area contributed by atoms with E-state index in [1.807, 2.05) is 54.0 Å². The SMILES string of the molecule is O=C1CN(C(=O)COC(=O)C=Cc2cn(-c3ccccc3)nc2-c2cccs2)c2ccccc2N1. The zero-order valence-corrected chi connectivity index (χ0v) is 19.3. The normalized spacial score (nSPS) is 12.9. The molecule has 0 unspecified atom stereocenters. The smallest absolute Gasteiger partial charge is 0.331 e. The maximum Gasteiger partial charge on any atom is 0.331 e. The number of thiophene rings is 1. The van der Waals surface area contributed by atoms with Gasteiger partial charge in [0.05, 0.1) is 21.9 Å². The fourth-order valence-electron chi connectivity index (χ4n) is 3.70. The van der Waals surface area contributed by atoms with Crippen molar-refractivity contribution >= 4 is 46.6 Å². The van der Waals surface area contributed by atoms with Gasteiger partial charge in [0.2, 0.25) is 5.91 Å². The van der Waals surface area contributed by atoms with Crippen LogP contribution in [0.2, 0.25) is 0 Å². The number of para-hydroxylation sites is 3. The number of hydrogen-bond donors (Lipinski definition) is 1. The molecule has 0 saturated carbocycles. The van der Waals surface area contributed by atoms with Crippen LogP contribution >= 0.6 is 11.3 Å². The molecule has 0 radical (unpaired) electrons. The number of nitrogens with zero attached hydrogens (tertiary/aromatic N) is 3. The Hall–Kier alpha value is -4.50. The largest absolute Gasteiger partial charge is 0.452 e. The van der Waals surface area contributed by atoms with Gasteiger partial charge in [-0.05, 0) is 41.8 Å². The van der Waals surface area contributed by atoms with E-state index in [0.717, 1.165) is 21.8 Å². The summed E-state index contributed by atoms with van der Waals surface area (Å²) in [5, 5.41) is 9.37. The van der Waals surface area contributed by atoms with Crippen molar-refractivity contribution in [1.29, 1.82) is 0 Å². The maximum atomic E-state index is 12.7. The number of esters is 1. The predicted molar refractivity (Wildman–Crippen MR) is 134 cm³/mol. The second-order valence-electron chi connectivity index (χ2n) is 7.68. The first-order chi connectivity index (χ1) is 17.1. The standard InChI is InChI=1S/C26H20N4O4S/c31-23-16-29(21-10-5-4-9-20(21)27-23)24(32)17-34-25(33)13-12-18-15-30(19-7-2-1-3-8-19)28-26(18)22-11-6-14-35-22/h1-15H,16-17H2,(H,27,31). The lowest BCUT2D eigenvalue weighted by Gasteiger charge is -2.28. The summed E-state index contributed by atoms with van der Waals surface area (Å²) in [6.45, 7) is -0.613. The Kier molecular flexibility index (Phi) is 6.23. The van der Waals surface area contributed by atoms with Gasteiger partial charge in [-0.15, -0.1) is 11.3 Å². The Morgan fingerprint density at radius 1 is 1.06 bits per heavy atom. The second-order valence-corrected chi connectivity index (χ2v) is 8.62. The number of anilines is 2. The monoisotopic (exact) mass is 484 g/mol. The van der Waals surface area contributed by atoms with Crippen molar-refractivity contribution < 1.29 is 19.1 Å². The van der Waals surface area contributed by atoms with E-state index in [-0.39, 0.29) is 12.5 Å². The third kappa shape index (κ3) is 4.90. The third-order valence-corrected chi connectivity index (χ3v) is 6.20.